The van der Waals surface area contributed by atoms with Gasteiger partial charge in [0.1, 0.15) is 5.44 Å². The van der Waals surface area contributed by atoms with Crippen molar-refractivity contribution in [3.8, 4) is 0 Å². The van der Waals surface area contributed by atoms with Gasteiger partial charge in [-0.15, -0.1) is 0 Å². The van der Waals surface area contributed by atoms with Crippen molar-refractivity contribution in [2.75, 3.05) is 0 Å². The number of rotatable bonds is 6. The highest BCUT2D eigenvalue weighted by Gasteiger charge is 2.31. The first-order chi connectivity index (χ1) is 8.79. The van der Waals surface area contributed by atoms with Crippen molar-refractivity contribution in [3.05, 3.63) is 30.3 Å². The van der Waals surface area contributed by atoms with E-state index in [1.165, 1.54) is 37.0 Å². The lowest BCUT2D eigenvalue weighted by molar-refractivity contribution is 0.0697. The van der Waals surface area contributed by atoms with Gasteiger partial charge < -0.3 is 4.74 Å². The van der Waals surface area contributed by atoms with E-state index in [4.69, 9.17) is 4.74 Å². The molecule has 0 aliphatic carbocycles. The molecule has 0 aromatic heterocycles. The maximum absolute atomic E-state index is 6.19. The Balaban J connectivity index is 1.79. The topological polar surface area (TPSA) is 9.23 Å². The Kier molecular flexibility index (Phi) is 5.58. The predicted molar refractivity (Wildman–Crippen MR) is 78.9 cm³/mol. The Bertz CT molecular complexity index is 338. The summed E-state index contributed by atoms with van der Waals surface area (Å²) in [6.07, 6.45) is 6.86. The second-order valence-electron chi connectivity index (χ2n) is 5.24. The molecule has 3 atom stereocenters. The molecule has 0 radical (unpaired) electrons. The van der Waals surface area contributed by atoms with E-state index >= 15 is 0 Å². The summed E-state index contributed by atoms with van der Waals surface area (Å²) in [4.78, 5) is 1.32. The largest absolute Gasteiger partial charge is 0.364 e. The fourth-order valence-corrected chi connectivity index (χ4v) is 3.73. The summed E-state index contributed by atoms with van der Waals surface area (Å²) in [7, 11) is 0. The Morgan fingerprint density at radius 3 is 2.72 bits per heavy atom. The third-order valence-electron chi connectivity index (χ3n) is 3.63. The predicted octanol–water partition coefficient (Wildman–Crippen LogP) is 5.11. The molecule has 0 spiro atoms. The molecule has 1 aromatic carbocycles. The van der Waals surface area contributed by atoms with E-state index in [0.29, 0.717) is 17.5 Å². The van der Waals surface area contributed by atoms with Crippen LogP contribution in [0.25, 0.3) is 0 Å². The maximum atomic E-state index is 6.19. The van der Waals surface area contributed by atoms with Crippen LogP contribution in [0.5, 0.6) is 0 Å². The number of benzene rings is 1. The lowest BCUT2D eigenvalue weighted by Gasteiger charge is -2.15. The van der Waals surface area contributed by atoms with Crippen LogP contribution in [0.2, 0.25) is 0 Å². The van der Waals surface area contributed by atoms with Crippen LogP contribution in [0.4, 0.5) is 0 Å². The van der Waals surface area contributed by atoms with Crippen LogP contribution in [0.3, 0.4) is 0 Å². The molecule has 18 heavy (non-hydrogen) atoms. The molecule has 1 aromatic rings. The molecule has 1 aliphatic heterocycles. The molecule has 0 N–H and O–H groups in total. The van der Waals surface area contributed by atoms with Gasteiger partial charge >= 0.3 is 0 Å². The minimum Gasteiger partial charge on any atom is -0.364 e. The van der Waals surface area contributed by atoms with Crippen molar-refractivity contribution < 1.29 is 4.74 Å². The zero-order valence-electron chi connectivity index (χ0n) is 11.5. The van der Waals surface area contributed by atoms with E-state index in [1.807, 2.05) is 11.8 Å². The quantitative estimate of drug-likeness (QED) is 0.660. The van der Waals surface area contributed by atoms with Crippen LogP contribution in [0.15, 0.2) is 35.2 Å². The SMILES string of the molecule is CCCCCC1OC(Sc2ccccc2)C[C@H]1C. The molecule has 0 saturated carbocycles. The lowest BCUT2D eigenvalue weighted by Crippen LogP contribution is -2.13. The second-order valence-corrected chi connectivity index (χ2v) is 6.48. The Morgan fingerprint density at radius 2 is 2.00 bits per heavy atom. The molecular formula is C16H24OS. The third-order valence-corrected chi connectivity index (χ3v) is 4.74. The molecule has 0 bridgehead atoms. The first kappa shape index (κ1) is 14.0. The van der Waals surface area contributed by atoms with Crippen molar-refractivity contribution in [1.82, 2.24) is 0 Å². The second kappa shape index (κ2) is 7.20. The average molecular weight is 264 g/mol. The fraction of sp³-hybridized carbons (Fsp3) is 0.625. The number of thioether (sulfide) groups is 1. The molecule has 100 valence electrons. The van der Waals surface area contributed by atoms with E-state index in [-0.39, 0.29) is 0 Å². The highest BCUT2D eigenvalue weighted by Crippen LogP contribution is 2.38. The van der Waals surface area contributed by atoms with Gasteiger partial charge in [-0.3, -0.25) is 0 Å². The Hall–Kier alpha value is -0.470. The summed E-state index contributed by atoms with van der Waals surface area (Å²) in [5, 5.41) is 0. The van der Waals surface area contributed by atoms with Gasteiger partial charge in [0.25, 0.3) is 0 Å². The maximum Gasteiger partial charge on any atom is 0.108 e. The van der Waals surface area contributed by atoms with Gasteiger partial charge in [-0.05, 0) is 30.9 Å². The van der Waals surface area contributed by atoms with Gasteiger partial charge in [-0.2, -0.15) is 0 Å². The number of unbranched alkanes of at least 4 members (excludes halogenated alkanes) is 2. The highest BCUT2D eigenvalue weighted by molar-refractivity contribution is 7.99. The van der Waals surface area contributed by atoms with Crippen molar-refractivity contribution in [2.24, 2.45) is 5.92 Å². The summed E-state index contributed by atoms with van der Waals surface area (Å²) >= 11 is 1.88. The normalized spacial score (nSPS) is 27.6. The standard InChI is InChI=1S/C16H24OS/c1-3-4-6-11-15-13(2)12-16(17-15)18-14-9-7-5-8-10-14/h5,7-10,13,15-16H,3-4,6,11-12H2,1-2H3/t13-,15?,16?/m1/s1. The lowest BCUT2D eigenvalue weighted by atomic mass is 9.99. The summed E-state index contributed by atoms with van der Waals surface area (Å²) < 4.78 is 6.19. The molecule has 0 amide bonds. The van der Waals surface area contributed by atoms with Gasteiger partial charge in [0, 0.05) is 4.90 Å². The molecule has 1 fully saturated rings. The fourth-order valence-electron chi connectivity index (χ4n) is 2.51. The summed E-state index contributed by atoms with van der Waals surface area (Å²) in [5.74, 6) is 0.711. The number of ether oxygens (including phenoxy) is 1. The highest BCUT2D eigenvalue weighted by atomic mass is 32.2. The van der Waals surface area contributed by atoms with Crippen LogP contribution in [0.1, 0.15) is 46.0 Å². The van der Waals surface area contributed by atoms with E-state index in [9.17, 15) is 0 Å². The molecule has 1 heterocycles. The zero-order valence-corrected chi connectivity index (χ0v) is 12.3. The van der Waals surface area contributed by atoms with Gasteiger partial charge in [-0.1, -0.05) is 63.1 Å². The smallest absolute Gasteiger partial charge is 0.108 e. The first-order valence-corrected chi connectivity index (χ1v) is 8.04. The van der Waals surface area contributed by atoms with E-state index in [1.54, 1.807) is 0 Å². The van der Waals surface area contributed by atoms with E-state index in [0.717, 1.165) is 0 Å². The molecule has 2 heteroatoms. The monoisotopic (exact) mass is 264 g/mol. The molecule has 1 nitrogen and oxygen atoms in total. The van der Waals surface area contributed by atoms with Gasteiger partial charge in [0.15, 0.2) is 0 Å². The van der Waals surface area contributed by atoms with Gasteiger partial charge in [0.05, 0.1) is 6.10 Å². The van der Waals surface area contributed by atoms with Crippen molar-refractivity contribution in [1.29, 1.82) is 0 Å². The number of hydrogen-bond acceptors (Lipinski definition) is 2. The Labute approximate surface area is 115 Å². The van der Waals surface area contributed by atoms with Crippen molar-refractivity contribution in [2.45, 2.75) is 62.4 Å². The van der Waals surface area contributed by atoms with Crippen LogP contribution >= 0.6 is 11.8 Å². The third kappa shape index (κ3) is 4.03. The van der Waals surface area contributed by atoms with Crippen molar-refractivity contribution >= 4 is 11.8 Å². The van der Waals surface area contributed by atoms with Crippen molar-refractivity contribution in [3.63, 3.8) is 0 Å². The number of hydrogen-bond donors (Lipinski definition) is 0. The molecule has 2 rings (SSSR count). The summed E-state index contributed by atoms with van der Waals surface area (Å²) in [6, 6.07) is 10.6. The molecule has 1 aliphatic rings. The molecular weight excluding hydrogens is 240 g/mol. The van der Waals surface area contributed by atoms with E-state index in [2.05, 4.69) is 44.2 Å². The summed E-state index contributed by atoms with van der Waals surface area (Å²) in [6.45, 7) is 4.59. The van der Waals surface area contributed by atoms with E-state index < -0.39 is 0 Å². The molecule has 1 saturated heterocycles. The summed E-state index contributed by atoms with van der Waals surface area (Å²) in [5.41, 5.74) is 0.356. The molecule has 2 unspecified atom stereocenters. The van der Waals surface area contributed by atoms with Crippen LogP contribution in [-0.2, 0) is 4.74 Å². The van der Waals surface area contributed by atoms with Crippen LogP contribution < -0.4 is 0 Å². The minimum atomic E-state index is 0.356. The average Bonchev–Trinajstić information content (AvgIpc) is 2.71. The van der Waals surface area contributed by atoms with Crippen LogP contribution in [-0.4, -0.2) is 11.5 Å². The minimum absolute atomic E-state index is 0.356. The Morgan fingerprint density at radius 1 is 1.22 bits per heavy atom. The van der Waals surface area contributed by atoms with Gasteiger partial charge in [-0.25, -0.2) is 0 Å². The van der Waals surface area contributed by atoms with Gasteiger partial charge in [0.2, 0.25) is 0 Å². The zero-order chi connectivity index (χ0) is 12.8. The first-order valence-electron chi connectivity index (χ1n) is 7.16. The van der Waals surface area contributed by atoms with Crippen LogP contribution in [0, 0.1) is 5.92 Å².